The maximum atomic E-state index is 12.2. The maximum absolute atomic E-state index is 12.2. The number of benzene rings is 1. The van der Waals surface area contributed by atoms with Gasteiger partial charge in [0.1, 0.15) is 5.03 Å². The van der Waals surface area contributed by atoms with Crippen molar-refractivity contribution in [2.75, 3.05) is 6.61 Å². The molecule has 0 bridgehead atoms. The molecule has 1 aliphatic rings. The number of halogens is 1. The Labute approximate surface area is 138 Å². The van der Waals surface area contributed by atoms with Gasteiger partial charge in [0.05, 0.1) is 13.2 Å². The van der Waals surface area contributed by atoms with Gasteiger partial charge in [-0.3, -0.25) is 4.57 Å². The molecule has 1 heterocycles. The molecule has 116 valence electrons. The first kappa shape index (κ1) is 15.6. The predicted molar refractivity (Wildman–Crippen MR) is 88.6 cm³/mol. The molecule has 1 aliphatic carbocycles. The van der Waals surface area contributed by atoms with Crippen molar-refractivity contribution in [2.45, 2.75) is 36.6 Å². The Morgan fingerprint density at radius 2 is 2.23 bits per heavy atom. The number of thioether (sulfide) groups is 1. The van der Waals surface area contributed by atoms with Crippen molar-refractivity contribution in [1.82, 2.24) is 9.55 Å². The molecule has 1 N–H and O–H groups in total. The van der Waals surface area contributed by atoms with E-state index in [4.69, 9.17) is 16.7 Å². The van der Waals surface area contributed by atoms with Crippen molar-refractivity contribution >= 4 is 23.4 Å². The van der Waals surface area contributed by atoms with Crippen LogP contribution in [0.1, 0.15) is 23.2 Å². The number of aromatic nitrogens is 2. The molecule has 1 aromatic carbocycles. The van der Waals surface area contributed by atoms with E-state index in [0.29, 0.717) is 6.54 Å². The third-order valence-electron chi connectivity index (χ3n) is 3.79. The molecule has 0 radical (unpaired) electrons. The highest BCUT2D eigenvalue weighted by Crippen LogP contribution is 2.31. The Balaban J connectivity index is 1.87. The fourth-order valence-corrected chi connectivity index (χ4v) is 4.05. The fraction of sp³-hybridized carbons (Fsp3) is 0.375. The summed E-state index contributed by atoms with van der Waals surface area (Å²) in [6.45, 7) is 0.288. The molecule has 0 fully saturated rings. The van der Waals surface area contributed by atoms with Crippen LogP contribution >= 0.6 is 23.4 Å². The van der Waals surface area contributed by atoms with Gasteiger partial charge in [0.2, 0.25) is 0 Å². The second-order valence-corrected chi connectivity index (χ2v) is 6.67. The molecule has 0 aliphatic heterocycles. The molecule has 0 unspecified atom stereocenters. The molecule has 6 heteroatoms. The molecule has 22 heavy (non-hydrogen) atoms. The Kier molecular flexibility index (Phi) is 4.86. The zero-order valence-electron chi connectivity index (χ0n) is 12.1. The summed E-state index contributed by atoms with van der Waals surface area (Å²) in [7, 11) is 0. The van der Waals surface area contributed by atoms with Crippen LogP contribution < -0.4 is 5.69 Å². The smallest absolute Gasteiger partial charge is 0.348 e. The van der Waals surface area contributed by atoms with Gasteiger partial charge in [-0.05, 0) is 37.0 Å². The molecule has 1 aromatic heterocycles. The van der Waals surface area contributed by atoms with Crippen molar-refractivity contribution in [3.63, 3.8) is 0 Å². The van der Waals surface area contributed by atoms with Crippen LogP contribution in [0.5, 0.6) is 0 Å². The van der Waals surface area contributed by atoms with Gasteiger partial charge in [-0.15, -0.1) is 11.8 Å². The number of aliphatic hydroxyl groups is 1. The average Bonchev–Trinajstić information content (AvgIpc) is 2.98. The SMILES string of the molecule is O=c1nc(SCc2cccc(Cl)c2)c2c(n1CCO)CCC2. The third-order valence-corrected chi connectivity index (χ3v) is 5.11. The van der Waals surface area contributed by atoms with Crippen LogP contribution in [0.2, 0.25) is 5.02 Å². The molecule has 0 saturated carbocycles. The zero-order valence-corrected chi connectivity index (χ0v) is 13.7. The lowest BCUT2D eigenvalue weighted by atomic mass is 10.2. The summed E-state index contributed by atoms with van der Waals surface area (Å²) in [5.41, 5.74) is 3.07. The molecular weight excluding hydrogens is 320 g/mol. The molecule has 2 aromatic rings. The molecule has 0 spiro atoms. The van der Waals surface area contributed by atoms with E-state index in [1.807, 2.05) is 24.3 Å². The molecule has 4 nitrogen and oxygen atoms in total. The largest absolute Gasteiger partial charge is 0.395 e. The number of fused-ring (bicyclic) bond motifs is 1. The highest BCUT2D eigenvalue weighted by Gasteiger charge is 2.21. The lowest BCUT2D eigenvalue weighted by Crippen LogP contribution is -2.28. The van der Waals surface area contributed by atoms with Crippen LogP contribution in [0.3, 0.4) is 0 Å². The van der Waals surface area contributed by atoms with Crippen LogP contribution in [0.15, 0.2) is 34.1 Å². The molecular formula is C16H17ClN2O2S. The Bertz CT molecular complexity index is 745. The molecule has 3 rings (SSSR count). The molecule has 0 saturated heterocycles. The third kappa shape index (κ3) is 3.21. The summed E-state index contributed by atoms with van der Waals surface area (Å²) in [5.74, 6) is 0.740. The van der Waals surface area contributed by atoms with Gasteiger partial charge in [-0.2, -0.15) is 4.98 Å². The van der Waals surface area contributed by atoms with E-state index in [9.17, 15) is 4.79 Å². The maximum Gasteiger partial charge on any atom is 0.348 e. The van der Waals surface area contributed by atoms with Crippen LogP contribution in [0, 0.1) is 0 Å². The number of nitrogens with zero attached hydrogens (tertiary/aromatic N) is 2. The Morgan fingerprint density at radius 3 is 3.00 bits per heavy atom. The van der Waals surface area contributed by atoms with E-state index in [-0.39, 0.29) is 12.3 Å². The minimum Gasteiger partial charge on any atom is -0.395 e. The summed E-state index contributed by atoms with van der Waals surface area (Å²) < 4.78 is 1.62. The summed E-state index contributed by atoms with van der Waals surface area (Å²) in [6.07, 6.45) is 2.88. The monoisotopic (exact) mass is 336 g/mol. The fourth-order valence-electron chi connectivity index (χ4n) is 2.81. The van der Waals surface area contributed by atoms with Crippen molar-refractivity contribution in [1.29, 1.82) is 0 Å². The van der Waals surface area contributed by atoms with Crippen LogP contribution in [-0.2, 0) is 25.1 Å². The summed E-state index contributed by atoms with van der Waals surface area (Å²) in [6, 6.07) is 7.73. The molecule has 0 amide bonds. The van der Waals surface area contributed by atoms with Gasteiger partial charge in [-0.1, -0.05) is 23.7 Å². The van der Waals surface area contributed by atoms with E-state index in [2.05, 4.69) is 4.98 Å². The predicted octanol–water partition coefficient (Wildman–Crippen LogP) is 2.67. The van der Waals surface area contributed by atoms with Crippen LogP contribution in [-0.4, -0.2) is 21.3 Å². The van der Waals surface area contributed by atoms with E-state index < -0.39 is 0 Å². The Morgan fingerprint density at radius 1 is 1.36 bits per heavy atom. The van der Waals surface area contributed by atoms with Gasteiger partial charge in [0, 0.05) is 22.0 Å². The standard InChI is InChI=1S/C16H17ClN2O2S/c17-12-4-1-3-11(9-12)10-22-15-13-5-2-6-14(13)19(7-8-20)16(21)18-15/h1,3-4,9,20H,2,5-8,10H2. The van der Waals surface area contributed by atoms with E-state index in [1.54, 1.807) is 16.3 Å². The zero-order chi connectivity index (χ0) is 15.5. The number of aliphatic hydroxyl groups excluding tert-OH is 1. The summed E-state index contributed by atoms with van der Waals surface area (Å²) >= 11 is 7.58. The number of rotatable bonds is 5. The lowest BCUT2D eigenvalue weighted by molar-refractivity contribution is 0.271. The first-order valence-corrected chi connectivity index (χ1v) is 8.66. The number of hydrogen-bond donors (Lipinski definition) is 1. The summed E-state index contributed by atoms with van der Waals surface area (Å²) in [5, 5.41) is 10.7. The highest BCUT2D eigenvalue weighted by molar-refractivity contribution is 7.98. The van der Waals surface area contributed by atoms with Crippen molar-refractivity contribution in [2.24, 2.45) is 0 Å². The molecule has 0 atom stereocenters. The second kappa shape index (κ2) is 6.86. The lowest BCUT2D eigenvalue weighted by Gasteiger charge is -2.13. The van der Waals surface area contributed by atoms with E-state index >= 15 is 0 Å². The summed E-state index contributed by atoms with van der Waals surface area (Å²) in [4.78, 5) is 16.4. The quantitative estimate of drug-likeness (QED) is 0.673. The van der Waals surface area contributed by atoms with Gasteiger partial charge in [-0.25, -0.2) is 4.79 Å². The normalized spacial score (nSPS) is 13.4. The average molecular weight is 337 g/mol. The first-order chi connectivity index (χ1) is 10.7. The minimum absolute atomic E-state index is 0.0387. The highest BCUT2D eigenvalue weighted by atomic mass is 35.5. The van der Waals surface area contributed by atoms with Crippen molar-refractivity contribution in [3.05, 3.63) is 56.6 Å². The van der Waals surface area contributed by atoms with Crippen molar-refractivity contribution in [3.8, 4) is 0 Å². The van der Waals surface area contributed by atoms with Crippen molar-refractivity contribution < 1.29 is 5.11 Å². The van der Waals surface area contributed by atoms with Gasteiger partial charge in [0.15, 0.2) is 0 Å². The number of hydrogen-bond acceptors (Lipinski definition) is 4. The first-order valence-electron chi connectivity index (χ1n) is 7.29. The second-order valence-electron chi connectivity index (χ2n) is 5.27. The van der Waals surface area contributed by atoms with E-state index in [1.165, 1.54) is 5.56 Å². The van der Waals surface area contributed by atoms with Crippen LogP contribution in [0.25, 0.3) is 0 Å². The van der Waals surface area contributed by atoms with Gasteiger partial charge < -0.3 is 5.11 Å². The van der Waals surface area contributed by atoms with Gasteiger partial charge >= 0.3 is 5.69 Å². The van der Waals surface area contributed by atoms with Crippen LogP contribution in [0.4, 0.5) is 0 Å². The Hall–Kier alpha value is -1.30. The topological polar surface area (TPSA) is 55.1 Å². The van der Waals surface area contributed by atoms with Gasteiger partial charge in [0.25, 0.3) is 0 Å². The minimum atomic E-state index is -0.261. The van der Waals surface area contributed by atoms with E-state index in [0.717, 1.165) is 46.3 Å².